The molecule has 1 heterocycles. The average molecular weight is 281 g/mol. The lowest BCUT2D eigenvalue weighted by atomic mass is 9.95. The second-order valence-electron chi connectivity index (χ2n) is 5.79. The van der Waals surface area contributed by atoms with Gasteiger partial charge in [-0.3, -0.25) is 0 Å². The summed E-state index contributed by atoms with van der Waals surface area (Å²) in [4.78, 5) is 2.47. The summed E-state index contributed by atoms with van der Waals surface area (Å²) in [6, 6.07) is 6.49. The topological polar surface area (TPSA) is 15.3 Å². The predicted molar refractivity (Wildman–Crippen MR) is 84.0 cm³/mol. The van der Waals surface area contributed by atoms with E-state index in [0.717, 1.165) is 36.5 Å². The smallest absolute Gasteiger partial charge is 0.0471 e. The second-order valence-corrected chi connectivity index (χ2v) is 6.20. The molecular weight excluding hydrogens is 256 g/mol. The van der Waals surface area contributed by atoms with E-state index >= 15 is 0 Å². The van der Waals surface area contributed by atoms with E-state index in [1.165, 1.54) is 24.2 Å². The summed E-state index contributed by atoms with van der Waals surface area (Å²) in [6.45, 7) is 10.9. The molecule has 0 aromatic heterocycles. The Labute approximate surface area is 122 Å². The molecule has 0 saturated carbocycles. The van der Waals surface area contributed by atoms with Gasteiger partial charge >= 0.3 is 0 Å². The van der Waals surface area contributed by atoms with Crippen LogP contribution in [0.25, 0.3) is 0 Å². The highest BCUT2D eigenvalue weighted by molar-refractivity contribution is 6.31. The Kier molecular flexibility index (Phi) is 5.12. The number of hydrogen-bond donors (Lipinski definition) is 1. The molecule has 1 fully saturated rings. The van der Waals surface area contributed by atoms with Crippen LogP contribution in [0.1, 0.15) is 32.8 Å². The van der Waals surface area contributed by atoms with Crippen LogP contribution in [0.3, 0.4) is 0 Å². The molecule has 0 spiro atoms. The Morgan fingerprint density at radius 1 is 1.42 bits per heavy atom. The average Bonchev–Trinajstić information content (AvgIpc) is 2.87. The van der Waals surface area contributed by atoms with Crippen LogP contribution >= 0.6 is 11.6 Å². The van der Waals surface area contributed by atoms with Gasteiger partial charge in [0.2, 0.25) is 0 Å². The maximum atomic E-state index is 6.38. The number of hydrogen-bond acceptors (Lipinski definition) is 2. The molecule has 1 saturated heterocycles. The van der Waals surface area contributed by atoms with E-state index in [0.29, 0.717) is 0 Å². The third-order valence-corrected chi connectivity index (χ3v) is 4.49. The Bertz CT molecular complexity index is 417. The molecule has 1 N–H and O–H groups in total. The minimum absolute atomic E-state index is 0.772. The van der Waals surface area contributed by atoms with Gasteiger partial charge in [-0.25, -0.2) is 0 Å². The largest absolute Gasteiger partial charge is 0.371 e. The maximum Gasteiger partial charge on any atom is 0.0471 e. The van der Waals surface area contributed by atoms with Gasteiger partial charge < -0.3 is 10.2 Å². The number of nitrogens with zero attached hydrogens (tertiary/aromatic N) is 1. The molecule has 0 amide bonds. The molecule has 1 aliphatic rings. The van der Waals surface area contributed by atoms with E-state index in [1.807, 2.05) is 0 Å². The van der Waals surface area contributed by atoms with Crippen LogP contribution in [0.15, 0.2) is 18.2 Å². The highest BCUT2D eigenvalue weighted by Crippen LogP contribution is 2.30. The van der Waals surface area contributed by atoms with Crippen molar-refractivity contribution in [2.45, 2.75) is 33.7 Å². The van der Waals surface area contributed by atoms with Gasteiger partial charge in [-0.05, 0) is 42.5 Å². The van der Waals surface area contributed by atoms with Crippen molar-refractivity contribution >= 4 is 17.3 Å². The summed E-state index contributed by atoms with van der Waals surface area (Å²) in [5.41, 5.74) is 2.46. The van der Waals surface area contributed by atoms with Crippen molar-refractivity contribution in [1.29, 1.82) is 0 Å². The molecule has 0 bridgehead atoms. The third-order valence-electron chi connectivity index (χ3n) is 4.13. The first-order valence-corrected chi connectivity index (χ1v) is 7.73. The van der Waals surface area contributed by atoms with Crippen molar-refractivity contribution in [3.63, 3.8) is 0 Å². The Morgan fingerprint density at radius 2 is 2.21 bits per heavy atom. The van der Waals surface area contributed by atoms with Crippen molar-refractivity contribution in [1.82, 2.24) is 5.32 Å². The van der Waals surface area contributed by atoms with Crippen LogP contribution < -0.4 is 10.2 Å². The van der Waals surface area contributed by atoms with E-state index in [2.05, 4.69) is 49.2 Å². The molecule has 2 nitrogen and oxygen atoms in total. The molecule has 3 heteroatoms. The van der Waals surface area contributed by atoms with Crippen LogP contribution in [0.5, 0.6) is 0 Å². The fraction of sp³-hybridized carbons (Fsp3) is 0.625. The Hall–Kier alpha value is -0.730. The molecule has 1 aromatic rings. The first-order valence-electron chi connectivity index (χ1n) is 7.36. The fourth-order valence-corrected chi connectivity index (χ4v) is 2.94. The van der Waals surface area contributed by atoms with E-state index in [9.17, 15) is 0 Å². The summed E-state index contributed by atoms with van der Waals surface area (Å²) in [5.74, 6) is 1.59. The standard InChI is InChI=1S/C16H25ClN2/c1-4-18-10-13-5-6-15(9-16(13)17)19-8-7-14(11-19)12(2)3/h5-6,9,12,14,18H,4,7-8,10-11H2,1-3H3. The number of benzene rings is 1. The SMILES string of the molecule is CCNCc1ccc(N2CCC(C(C)C)C2)cc1Cl. The summed E-state index contributed by atoms with van der Waals surface area (Å²) in [7, 11) is 0. The zero-order chi connectivity index (χ0) is 13.8. The maximum absolute atomic E-state index is 6.38. The van der Waals surface area contributed by atoms with Crippen LogP contribution in [0.2, 0.25) is 5.02 Å². The Morgan fingerprint density at radius 3 is 2.79 bits per heavy atom. The number of nitrogens with one attached hydrogen (secondary N) is 1. The molecule has 0 radical (unpaired) electrons. The molecule has 2 rings (SSSR count). The van der Waals surface area contributed by atoms with Gasteiger partial charge in [0.15, 0.2) is 0 Å². The van der Waals surface area contributed by atoms with E-state index < -0.39 is 0 Å². The molecule has 106 valence electrons. The first-order chi connectivity index (χ1) is 9.11. The van der Waals surface area contributed by atoms with Crippen molar-refractivity contribution in [3.05, 3.63) is 28.8 Å². The first kappa shape index (κ1) is 14.7. The minimum atomic E-state index is 0.772. The molecule has 1 unspecified atom stereocenters. The molecular formula is C16H25ClN2. The van der Waals surface area contributed by atoms with Gasteiger partial charge in [0.1, 0.15) is 0 Å². The Balaban J connectivity index is 2.04. The van der Waals surface area contributed by atoms with E-state index in [1.54, 1.807) is 0 Å². The summed E-state index contributed by atoms with van der Waals surface area (Å²) >= 11 is 6.38. The zero-order valence-corrected chi connectivity index (χ0v) is 13.0. The second kappa shape index (κ2) is 6.62. The molecule has 1 atom stereocenters. The summed E-state index contributed by atoms with van der Waals surface area (Å²) in [6.07, 6.45) is 1.30. The van der Waals surface area contributed by atoms with Crippen LogP contribution in [0.4, 0.5) is 5.69 Å². The van der Waals surface area contributed by atoms with Gasteiger partial charge in [0, 0.05) is 30.3 Å². The summed E-state index contributed by atoms with van der Waals surface area (Å²) < 4.78 is 0. The van der Waals surface area contributed by atoms with E-state index in [-0.39, 0.29) is 0 Å². The van der Waals surface area contributed by atoms with Gasteiger partial charge in [0.05, 0.1) is 0 Å². The quantitative estimate of drug-likeness (QED) is 0.879. The van der Waals surface area contributed by atoms with Gasteiger partial charge in [-0.15, -0.1) is 0 Å². The highest BCUT2D eigenvalue weighted by Gasteiger charge is 2.25. The number of rotatable bonds is 5. The van der Waals surface area contributed by atoms with Crippen molar-refractivity contribution in [3.8, 4) is 0 Å². The van der Waals surface area contributed by atoms with Gasteiger partial charge in [0.25, 0.3) is 0 Å². The van der Waals surface area contributed by atoms with Gasteiger partial charge in [-0.1, -0.05) is 38.4 Å². The normalized spacial score (nSPS) is 19.4. The van der Waals surface area contributed by atoms with Crippen LogP contribution in [-0.4, -0.2) is 19.6 Å². The lowest BCUT2D eigenvalue weighted by Crippen LogP contribution is -2.21. The zero-order valence-electron chi connectivity index (χ0n) is 12.2. The predicted octanol–water partition coefficient (Wildman–Crippen LogP) is 3.93. The monoisotopic (exact) mass is 280 g/mol. The third kappa shape index (κ3) is 3.64. The lowest BCUT2D eigenvalue weighted by molar-refractivity contribution is 0.423. The van der Waals surface area contributed by atoms with Crippen molar-refractivity contribution in [2.75, 3.05) is 24.5 Å². The van der Waals surface area contributed by atoms with Gasteiger partial charge in [-0.2, -0.15) is 0 Å². The molecule has 19 heavy (non-hydrogen) atoms. The number of anilines is 1. The van der Waals surface area contributed by atoms with Crippen molar-refractivity contribution in [2.24, 2.45) is 11.8 Å². The van der Waals surface area contributed by atoms with Crippen LogP contribution in [0, 0.1) is 11.8 Å². The molecule has 0 aliphatic carbocycles. The molecule has 1 aromatic carbocycles. The fourth-order valence-electron chi connectivity index (χ4n) is 2.70. The summed E-state index contributed by atoms with van der Waals surface area (Å²) in [5, 5.41) is 4.20. The van der Waals surface area contributed by atoms with Crippen molar-refractivity contribution < 1.29 is 0 Å². The molecule has 1 aliphatic heterocycles. The van der Waals surface area contributed by atoms with Crippen LogP contribution in [-0.2, 0) is 6.54 Å². The highest BCUT2D eigenvalue weighted by atomic mass is 35.5. The van der Waals surface area contributed by atoms with E-state index in [4.69, 9.17) is 11.6 Å². The lowest BCUT2D eigenvalue weighted by Gasteiger charge is -2.21. The number of halogens is 1. The minimum Gasteiger partial charge on any atom is -0.371 e.